The lowest BCUT2D eigenvalue weighted by Crippen LogP contribution is -2.42. The number of hydrogen-bond donors (Lipinski definition) is 1. The van der Waals surface area contributed by atoms with Gasteiger partial charge in [-0.15, -0.1) is 0 Å². The highest BCUT2D eigenvalue weighted by Crippen LogP contribution is 2.21. The highest BCUT2D eigenvalue weighted by Gasteiger charge is 2.26. The van der Waals surface area contributed by atoms with Crippen LogP contribution in [0.25, 0.3) is 0 Å². The first-order valence-electron chi connectivity index (χ1n) is 5.74. The zero-order valence-corrected chi connectivity index (χ0v) is 8.59. The Labute approximate surface area is 81.0 Å². The zero-order valence-electron chi connectivity index (χ0n) is 8.59. The molecule has 1 saturated heterocycles. The monoisotopic (exact) mass is 183 g/mol. The van der Waals surface area contributed by atoms with Gasteiger partial charge in [0.2, 0.25) is 0 Å². The molecule has 1 aliphatic carbocycles. The second-order valence-corrected chi connectivity index (χ2v) is 4.47. The van der Waals surface area contributed by atoms with Crippen molar-refractivity contribution in [2.24, 2.45) is 0 Å². The smallest absolute Gasteiger partial charge is 0.0700 e. The molecule has 0 bridgehead atoms. The van der Waals surface area contributed by atoms with Gasteiger partial charge in [-0.3, -0.25) is 0 Å². The van der Waals surface area contributed by atoms with Crippen LogP contribution >= 0.6 is 0 Å². The van der Waals surface area contributed by atoms with Gasteiger partial charge in [0.1, 0.15) is 0 Å². The third-order valence-corrected chi connectivity index (χ3v) is 3.43. The molecule has 0 amide bonds. The minimum Gasteiger partial charge on any atom is -0.377 e. The molecule has 13 heavy (non-hydrogen) atoms. The lowest BCUT2D eigenvalue weighted by atomic mass is 9.94. The van der Waals surface area contributed by atoms with E-state index in [1.54, 1.807) is 0 Å². The van der Waals surface area contributed by atoms with E-state index in [0.717, 1.165) is 12.6 Å². The predicted molar refractivity (Wildman–Crippen MR) is 53.8 cm³/mol. The Bertz CT molecular complexity index is 154. The molecule has 2 aliphatic rings. The Kier molecular flexibility index (Phi) is 3.23. The van der Waals surface area contributed by atoms with E-state index >= 15 is 0 Å². The van der Waals surface area contributed by atoms with Gasteiger partial charge < -0.3 is 10.1 Å². The SMILES string of the molecule is C[C@H]1OCC[C@@H]1NC1CCCCC1. The van der Waals surface area contributed by atoms with Crippen molar-refractivity contribution in [3.63, 3.8) is 0 Å². The largest absolute Gasteiger partial charge is 0.377 e. The van der Waals surface area contributed by atoms with Gasteiger partial charge >= 0.3 is 0 Å². The lowest BCUT2D eigenvalue weighted by molar-refractivity contribution is 0.109. The molecule has 0 radical (unpaired) electrons. The number of rotatable bonds is 2. The summed E-state index contributed by atoms with van der Waals surface area (Å²) < 4.78 is 5.54. The van der Waals surface area contributed by atoms with E-state index in [1.165, 1.54) is 38.5 Å². The van der Waals surface area contributed by atoms with Crippen LogP contribution in [0.15, 0.2) is 0 Å². The Morgan fingerprint density at radius 3 is 2.46 bits per heavy atom. The van der Waals surface area contributed by atoms with Gasteiger partial charge in [-0.25, -0.2) is 0 Å². The van der Waals surface area contributed by atoms with Crippen molar-refractivity contribution >= 4 is 0 Å². The topological polar surface area (TPSA) is 21.3 Å². The molecule has 76 valence electrons. The highest BCUT2D eigenvalue weighted by atomic mass is 16.5. The molecule has 0 aromatic heterocycles. The molecule has 1 aliphatic heterocycles. The molecule has 0 aromatic rings. The van der Waals surface area contributed by atoms with Crippen LogP contribution in [0.5, 0.6) is 0 Å². The van der Waals surface area contributed by atoms with Crippen molar-refractivity contribution in [2.75, 3.05) is 6.61 Å². The Hall–Kier alpha value is -0.0800. The van der Waals surface area contributed by atoms with Crippen molar-refractivity contribution < 1.29 is 4.74 Å². The normalized spacial score (nSPS) is 36.7. The second-order valence-electron chi connectivity index (χ2n) is 4.47. The van der Waals surface area contributed by atoms with E-state index in [1.807, 2.05) is 0 Å². The molecule has 2 rings (SSSR count). The average molecular weight is 183 g/mol. The molecule has 1 N–H and O–H groups in total. The van der Waals surface area contributed by atoms with Crippen LogP contribution in [0.1, 0.15) is 45.4 Å². The first-order valence-corrected chi connectivity index (χ1v) is 5.74. The first-order chi connectivity index (χ1) is 6.36. The maximum absolute atomic E-state index is 5.54. The van der Waals surface area contributed by atoms with Crippen molar-refractivity contribution in [3.05, 3.63) is 0 Å². The minimum atomic E-state index is 0.432. The van der Waals surface area contributed by atoms with Crippen LogP contribution in [0, 0.1) is 0 Å². The third kappa shape index (κ3) is 2.44. The fraction of sp³-hybridized carbons (Fsp3) is 1.00. The van der Waals surface area contributed by atoms with Crippen molar-refractivity contribution in [2.45, 2.75) is 63.6 Å². The summed E-state index contributed by atoms with van der Waals surface area (Å²) in [5.74, 6) is 0. The summed E-state index contributed by atoms with van der Waals surface area (Å²) in [6.45, 7) is 3.14. The second kappa shape index (κ2) is 4.43. The van der Waals surface area contributed by atoms with Crippen LogP contribution in [-0.2, 0) is 4.74 Å². The molecule has 0 spiro atoms. The summed E-state index contributed by atoms with van der Waals surface area (Å²) >= 11 is 0. The maximum Gasteiger partial charge on any atom is 0.0700 e. The Morgan fingerprint density at radius 1 is 1.08 bits per heavy atom. The van der Waals surface area contributed by atoms with Crippen LogP contribution in [-0.4, -0.2) is 24.8 Å². The lowest BCUT2D eigenvalue weighted by Gasteiger charge is -2.27. The van der Waals surface area contributed by atoms with E-state index in [9.17, 15) is 0 Å². The summed E-state index contributed by atoms with van der Waals surface area (Å²) in [5.41, 5.74) is 0. The van der Waals surface area contributed by atoms with Crippen molar-refractivity contribution in [3.8, 4) is 0 Å². The van der Waals surface area contributed by atoms with Crippen molar-refractivity contribution in [1.29, 1.82) is 0 Å². The van der Waals surface area contributed by atoms with E-state index in [2.05, 4.69) is 12.2 Å². The average Bonchev–Trinajstić information content (AvgIpc) is 2.54. The van der Waals surface area contributed by atoms with E-state index in [0.29, 0.717) is 12.1 Å². The quantitative estimate of drug-likeness (QED) is 0.707. The highest BCUT2D eigenvalue weighted by molar-refractivity contribution is 4.84. The molecule has 1 heterocycles. The summed E-state index contributed by atoms with van der Waals surface area (Å²) in [5, 5.41) is 3.74. The van der Waals surface area contributed by atoms with Gasteiger partial charge in [0, 0.05) is 18.7 Å². The summed E-state index contributed by atoms with van der Waals surface area (Å²) in [4.78, 5) is 0. The Morgan fingerprint density at radius 2 is 1.85 bits per heavy atom. The third-order valence-electron chi connectivity index (χ3n) is 3.43. The number of ether oxygens (including phenoxy) is 1. The molecule has 2 heteroatoms. The van der Waals surface area contributed by atoms with E-state index in [4.69, 9.17) is 4.74 Å². The van der Waals surface area contributed by atoms with Gasteiger partial charge in [0.05, 0.1) is 6.10 Å². The van der Waals surface area contributed by atoms with E-state index < -0.39 is 0 Å². The molecular formula is C11H21NO. The van der Waals surface area contributed by atoms with Gasteiger partial charge in [0.15, 0.2) is 0 Å². The maximum atomic E-state index is 5.54. The van der Waals surface area contributed by atoms with Crippen LogP contribution in [0.3, 0.4) is 0 Å². The van der Waals surface area contributed by atoms with Crippen LogP contribution in [0.2, 0.25) is 0 Å². The molecule has 1 saturated carbocycles. The summed E-state index contributed by atoms with van der Waals surface area (Å²) in [6, 6.07) is 1.41. The predicted octanol–water partition coefficient (Wildman–Crippen LogP) is 2.09. The van der Waals surface area contributed by atoms with E-state index in [-0.39, 0.29) is 0 Å². The number of hydrogen-bond acceptors (Lipinski definition) is 2. The number of nitrogens with one attached hydrogen (secondary N) is 1. The fourth-order valence-corrected chi connectivity index (χ4v) is 2.52. The molecule has 0 aromatic carbocycles. The van der Waals surface area contributed by atoms with Gasteiger partial charge in [-0.05, 0) is 26.2 Å². The fourth-order valence-electron chi connectivity index (χ4n) is 2.52. The zero-order chi connectivity index (χ0) is 9.10. The molecule has 2 atom stereocenters. The van der Waals surface area contributed by atoms with Crippen LogP contribution < -0.4 is 5.32 Å². The molecular weight excluding hydrogens is 162 g/mol. The van der Waals surface area contributed by atoms with Gasteiger partial charge in [-0.1, -0.05) is 19.3 Å². The van der Waals surface area contributed by atoms with Crippen molar-refractivity contribution in [1.82, 2.24) is 5.32 Å². The minimum absolute atomic E-state index is 0.432. The van der Waals surface area contributed by atoms with Crippen LogP contribution in [0.4, 0.5) is 0 Å². The first kappa shape index (κ1) is 9.47. The van der Waals surface area contributed by atoms with Gasteiger partial charge in [0.25, 0.3) is 0 Å². The molecule has 2 fully saturated rings. The summed E-state index contributed by atoms with van der Waals surface area (Å²) in [7, 11) is 0. The Balaban J connectivity index is 1.75. The molecule has 2 nitrogen and oxygen atoms in total. The standard InChI is InChI=1S/C11H21NO/c1-9-11(7-8-13-9)12-10-5-3-2-4-6-10/h9-12H,2-8H2,1H3/t9-,11+/m1/s1. The van der Waals surface area contributed by atoms with Gasteiger partial charge in [-0.2, -0.15) is 0 Å². The summed E-state index contributed by atoms with van der Waals surface area (Å²) in [6.07, 6.45) is 8.67. The molecule has 0 unspecified atom stereocenters.